The van der Waals surface area contributed by atoms with E-state index < -0.39 is 8.32 Å². The van der Waals surface area contributed by atoms with E-state index >= 15 is 0 Å². The molecule has 3 aromatic rings. The number of benzene rings is 1. The first-order valence-corrected chi connectivity index (χ1v) is 18.1. The van der Waals surface area contributed by atoms with Crippen LogP contribution in [0.25, 0.3) is 10.8 Å². The third-order valence-electron chi connectivity index (χ3n) is 3.33. The zero-order valence-corrected chi connectivity index (χ0v) is 22.7. The van der Waals surface area contributed by atoms with E-state index in [-0.39, 0.29) is 30.2 Å². The molecule has 3 rings (SSSR count). The van der Waals surface area contributed by atoms with Gasteiger partial charge in [-0.15, -0.1) is 29.7 Å². The zero-order valence-electron chi connectivity index (χ0n) is 16.7. The first-order valence-electron chi connectivity index (χ1n) is 8.83. The van der Waals surface area contributed by atoms with Gasteiger partial charge in [-0.2, -0.15) is 35.7 Å². The van der Waals surface area contributed by atoms with E-state index in [9.17, 15) is 0 Å². The minimum absolute atomic E-state index is 0. The third-order valence-corrected chi connectivity index (χ3v) is 7.35. The van der Waals surface area contributed by atoms with Crippen LogP contribution in [0, 0.1) is 0 Å². The normalized spacial score (nSPS) is 9.70. The van der Waals surface area contributed by atoms with Gasteiger partial charge in [0.1, 0.15) is 0 Å². The zero-order chi connectivity index (χ0) is 18.5. The molecule has 0 N–H and O–H groups in total. The third kappa shape index (κ3) is 16.7. The molecule has 27 heavy (non-hydrogen) atoms. The van der Waals surface area contributed by atoms with Gasteiger partial charge in [0.05, 0.1) is 0 Å². The van der Waals surface area contributed by atoms with Gasteiger partial charge in [0.15, 0.2) is 0 Å². The van der Waals surface area contributed by atoms with Crippen LogP contribution in [0.2, 0.25) is 32.2 Å². The summed E-state index contributed by atoms with van der Waals surface area (Å²) in [6.07, 6.45) is 1.29. The van der Waals surface area contributed by atoms with Crippen LogP contribution in [0.4, 0.5) is 0 Å². The Morgan fingerprint density at radius 2 is 1.59 bits per heavy atom. The van der Waals surface area contributed by atoms with Gasteiger partial charge in [0.2, 0.25) is 0 Å². The second kappa shape index (κ2) is 16.9. The summed E-state index contributed by atoms with van der Waals surface area (Å²) in [5.74, 6) is 0. The van der Waals surface area contributed by atoms with Crippen molar-refractivity contribution in [1.29, 1.82) is 0 Å². The van der Waals surface area contributed by atoms with E-state index in [2.05, 4.69) is 68.7 Å². The molecule has 1 nitrogen and oxygen atoms in total. The summed E-state index contributed by atoms with van der Waals surface area (Å²) in [6.45, 7) is 10.2. The molecule has 0 aliphatic rings. The predicted octanol–water partition coefficient (Wildman–Crippen LogP) is 0.368. The minimum Gasteiger partial charge on any atom is -1.00 e. The Bertz CT molecular complexity index is 659. The Balaban J connectivity index is 0. The molecular formula is C21H30Cl2OSi2Zr-2. The van der Waals surface area contributed by atoms with Crippen molar-refractivity contribution >= 4 is 24.5 Å². The molecule has 3 aromatic carbocycles. The molecule has 0 saturated carbocycles. The van der Waals surface area contributed by atoms with Gasteiger partial charge in [0.25, 0.3) is 0 Å². The van der Waals surface area contributed by atoms with E-state index in [4.69, 9.17) is 4.43 Å². The van der Waals surface area contributed by atoms with E-state index in [1.54, 1.807) is 23.3 Å². The van der Waals surface area contributed by atoms with E-state index in [1.165, 1.54) is 23.2 Å². The summed E-state index contributed by atoms with van der Waals surface area (Å²) in [7, 11) is -1.21. The van der Waals surface area contributed by atoms with E-state index in [1.807, 2.05) is 30.3 Å². The molecule has 0 bridgehead atoms. The molecule has 0 atom stereocenters. The summed E-state index contributed by atoms with van der Waals surface area (Å²) < 4.78 is 5.74. The molecule has 0 unspecified atom stereocenters. The molecule has 0 aliphatic heterocycles. The summed E-state index contributed by atoms with van der Waals surface area (Å²) >= 11 is 1.76. The molecule has 0 heterocycles. The van der Waals surface area contributed by atoms with Crippen LogP contribution in [0.5, 0.6) is 0 Å². The van der Waals surface area contributed by atoms with Gasteiger partial charge in [-0.3, -0.25) is 0 Å². The standard InChI is InChI=1S/C9H7.C7H18OSi2.C5H5.2ClH.Zr/c1-2-5-9-7-3-6-8(9)4-1;1-9-7-5-6-8-10(2,3)4;1-2-4-5-3-1;;;/h1-7H;5-7H2,1-4H3;1-5H;2*1H;/q-1;;-1;;;+2/p-2. The van der Waals surface area contributed by atoms with Crippen molar-refractivity contribution in [3.63, 3.8) is 0 Å². The van der Waals surface area contributed by atoms with Crippen molar-refractivity contribution in [3.8, 4) is 0 Å². The first kappa shape index (κ1) is 29.2. The number of hydrogen-bond donors (Lipinski definition) is 0. The predicted molar refractivity (Wildman–Crippen MR) is 112 cm³/mol. The van der Waals surface area contributed by atoms with Crippen LogP contribution < -0.4 is 24.8 Å². The van der Waals surface area contributed by atoms with Crippen molar-refractivity contribution in [1.82, 2.24) is 0 Å². The smallest absolute Gasteiger partial charge is 0.0809 e. The fraction of sp³-hybridized carbons (Fsp3) is 0.333. The quantitative estimate of drug-likeness (QED) is 0.271. The first-order chi connectivity index (χ1) is 11.9. The maximum atomic E-state index is 5.74. The summed E-state index contributed by atoms with van der Waals surface area (Å²) in [5.41, 5.74) is 0.0734. The molecule has 0 amide bonds. The molecule has 0 radical (unpaired) electrons. The Labute approximate surface area is 194 Å². The van der Waals surface area contributed by atoms with Crippen LogP contribution in [0.15, 0.2) is 72.8 Å². The summed E-state index contributed by atoms with van der Waals surface area (Å²) in [6, 6.07) is 26.1. The van der Waals surface area contributed by atoms with Crippen molar-refractivity contribution in [3.05, 3.63) is 72.8 Å². The van der Waals surface area contributed by atoms with Crippen LogP contribution in [0.1, 0.15) is 6.42 Å². The van der Waals surface area contributed by atoms with Crippen molar-refractivity contribution < 1.29 is 52.6 Å². The summed E-state index contributed by atoms with van der Waals surface area (Å²) in [5, 5.41) is 2.66. The van der Waals surface area contributed by atoms with Gasteiger partial charge in [0, 0.05) is 0 Å². The maximum absolute atomic E-state index is 5.74. The monoisotopic (exact) mass is 514 g/mol. The number of hydrogen-bond acceptors (Lipinski definition) is 1. The average molecular weight is 517 g/mol. The molecule has 0 aliphatic carbocycles. The molecule has 6 heteroatoms. The Kier molecular flexibility index (Phi) is 18.3. The van der Waals surface area contributed by atoms with Crippen LogP contribution in [-0.2, 0) is 27.8 Å². The largest absolute Gasteiger partial charge is 1.00 e. The van der Waals surface area contributed by atoms with Crippen LogP contribution in [0.3, 0.4) is 0 Å². The average Bonchev–Trinajstić information content (AvgIpc) is 3.24. The van der Waals surface area contributed by atoms with Crippen LogP contribution in [-0.4, -0.2) is 20.4 Å². The number of rotatable bonds is 5. The molecule has 148 valence electrons. The van der Waals surface area contributed by atoms with Crippen LogP contribution >= 0.6 is 0 Å². The molecule has 0 saturated heterocycles. The van der Waals surface area contributed by atoms with E-state index in [0.29, 0.717) is 0 Å². The molecule has 0 spiro atoms. The topological polar surface area (TPSA) is 9.23 Å². The number of fused-ring (bicyclic) bond motifs is 1. The molecule has 0 fully saturated rings. The van der Waals surface area contributed by atoms with Gasteiger partial charge < -0.3 is 24.8 Å². The second-order valence-electron chi connectivity index (χ2n) is 6.96. The maximum Gasteiger partial charge on any atom is -0.0809 e. The SMILES string of the molecule is C[Si](=[Zr+2])CCCO[Si](C)(C)C.[Cl-].[Cl-].c1cc[cH-]c1.c1ccc2[cH-]ccc2c1. The molecule has 0 aromatic heterocycles. The van der Waals surface area contributed by atoms with Crippen molar-refractivity contribution in [2.75, 3.05) is 6.61 Å². The van der Waals surface area contributed by atoms with Gasteiger partial charge >= 0.3 is 86.8 Å². The van der Waals surface area contributed by atoms with Gasteiger partial charge in [-0.1, -0.05) is 6.07 Å². The Hall–Kier alpha value is 0.0369. The fourth-order valence-electron chi connectivity index (χ4n) is 2.11. The summed E-state index contributed by atoms with van der Waals surface area (Å²) in [4.78, 5) is 0. The Morgan fingerprint density at radius 3 is 2.07 bits per heavy atom. The van der Waals surface area contributed by atoms with Crippen molar-refractivity contribution in [2.24, 2.45) is 0 Å². The minimum atomic E-state index is -1.21. The van der Waals surface area contributed by atoms with E-state index in [0.717, 1.165) is 6.61 Å². The number of halogens is 2. The van der Waals surface area contributed by atoms with Gasteiger partial charge in [-0.05, 0) is 0 Å². The Morgan fingerprint density at radius 1 is 0.963 bits per heavy atom. The second-order valence-corrected chi connectivity index (χ2v) is 19.8. The molecular weight excluding hydrogens is 487 g/mol. The van der Waals surface area contributed by atoms with Crippen molar-refractivity contribution in [2.45, 2.75) is 38.7 Å². The van der Waals surface area contributed by atoms with Gasteiger partial charge in [-0.25, -0.2) is 12.1 Å². The fourth-order valence-corrected chi connectivity index (χ4v) is 4.84.